The molecule has 0 aromatic rings. The van der Waals surface area contributed by atoms with Crippen molar-refractivity contribution in [1.82, 2.24) is 4.90 Å². The number of nitrogens with zero attached hydrogens (tertiary/aromatic N) is 1. The summed E-state index contributed by atoms with van der Waals surface area (Å²) in [6.07, 6.45) is 19.5. The highest BCUT2D eigenvalue weighted by molar-refractivity contribution is 6.05. The fourth-order valence-electron chi connectivity index (χ4n) is 4.38. The summed E-state index contributed by atoms with van der Waals surface area (Å²) >= 11 is 0. The van der Waals surface area contributed by atoms with Crippen molar-refractivity contribution in [2.24, 2.45) is 5.41 Å². The summed E-state index contributed by atoms with van der Waals surface area (Å²) in [4.78, 5) is 27.1. The van der Waals surface area contributed by atoms with Gasteiger partial charge in [0.25, 0.3) is 0 Å². The van der Waals surface area contributed by atoms with Gasteiger partial charge >= 0.3 is 0 Å². The molecule has 1 saturated heterocycles. The molecule has 0 bridgehead atoms. The molecule has 2 amide bonds. The van der Waals surface area contributed by atoms with Gasteiger partial charge in [-0.25, -0.2) is 0 Å². The van der Waals surface area contributed by atoms with Crippen LogP contribution in [-0.2, 0) is 9.59 Å². The molecule has 1 aliphatic rings. The number of amides is 2. The minimum atomic E-state index is -0.374. The highest BCUT2D eigenvalue weighted by Crippen LogP contribution is 2.42. The molecule has 1 heterocycles. The Kier molecular flexibility index (Phi) is 12.7. The van der Waals surface area contributed by atoms with Crippen LogP contribution in [0, 0.1) is 5.41 Å². The van der Waals surface area contributed by atoms with E-state index >= 15 is 0 Å². The van der Waals surface area contributed by atoms with Crippen molar-refractivity contribution in [3.05, 3.63) is 0 Å². The zero-order valence-corrected chi connectivity index (χ0v) is 18.5. The number of likely N-dealkylation sites (tertiary alicyclic amines) is 1. The molecule has 0 radical (unpaired) electrons. The van der Waals surface area contributed by atoms with Crippen molar-refractivity contribution >= 4 is 11.8 Å². The van der Waals surface area contributed by atoms with E-state index in [1.807, 2.05) is 0 Å². The lowest BCUT2D eigenvalue weighted by Gasteiger charge is -2.27. The van der Waals surface area contributed by atoms with E-state index in [1.54, 1.807) is 4.90 Å². The predicted octanol–water partition coefficient (Wildman–Crippen LogP) is 7.03. The topological polar surface area (TPSA) is 37.4 Å². The van der Waals surface area contributed by atoms with E-state index in [9.17, 15) is 9.59 Å². The van der Waals surface area contributed by atoms with Crippen LogP contribution in [0.25, 0.3) is 0 Å². The first kappa shape index (κ1) is 24.2. The van der Waals surface area contributed by atoms with Gasteiger partial charge in [0.05, 0.1) is 5.41 Å². The summed E-state index contributed by atoms with van der Waals surface area (Å²) in [5, 5.41) is 0. The van der Waals surface area contributed by atoms with Crippen LogP contribution in [0.4, 0.5) is 0 Å². The third kappa shape index (κ3) is 8.35. The van der Waals surface area contributed by atoms with Crippen molar-refractivity contribution in [1.29, 1.82) is 0 Å². The van der Waals surface area contributed by atoms with Gasteiger partial charge in [0.2, 0.25) is 11.8 Å². The minimum Gasteiger partial charge on any atom is -0.282 e. The lowest BCUT2D eigenvalue weighted by Crippen LogP contribution is -2.36. The normalized spacial score (nSPS) is 20.0. The van der Waals surface area contributed by atoms with E-state index in [-0.39, 0.29) is 17.2 Å². The van der Waals surface area contributed by atoms with Crippen LogP contribution in [0.15, 0.2) is 0 Å². The van der Waals surface area contributed by atoms with Crippen LogP contribution in [0.5, 0.6) is 0 Å². The highest BCUT2D eigenvalue weighted by atomic mass is 16.2. The molecule has 0 aromatic heterocycles. The standard InChI is InChI=1S/C24H45NO2/c1-4-7-10-11-12-13-14-15-16-17-19-24(18-8-5-2)21-22(26)25(23(24)27)20-9-6-3/h4-21H2,1-3H3. The number of imide groups is 1. The van der Waals surface area contributed by atoms with Crippen LogP contribution in [-0.4, -0.2) is 23.3 Å². The zero-order chi connectivity index (χ0) is 20.0. The molecule has 158 valence electrons. The molecule has 3 nitrogen and oxygen atoms in total. The molecule has 0 N–H and O–H groups in total. The number of rotatable bonds is 17. The first-order chi connectivity index (χ1) is 13.1. The van der Waals surface area contributed by atoms with Crippen LogP contribution >= 0.6 is 0 Å². The molecule has 3 heteroatoms. The number of hydrogen-bond acceptors (Lipinski definition) is 2. The maximum absolute atomic E-state index is 13.0. The van der Waals surface area contributed by atoms with Gasteiger partial charge in [0.1, 0.15) is 0 Å². The summed E-state index contributed by atoms with van der Waals surface area (Å²) in [7, 11) is 0. The third-order valence-electron chi connectivity index (χ3n) is 6.24. The Balaban J connectivity index is 2.36. The average Bonchev–Trinajstić information content (AvgIpc) is 2.90. The minimum absolute atomic E-state index is 0.0802. The SMILES string of the molecule is CCCCCCCCCCCCC1(CCCC)CC(=O)N(CCCC)C1=O. The van der Waals surface area contributed by atoms with Gasteiger partial charge in [0, 0.05) is 13.0 Å². The molecule has 1 aliphatic heterocycles. The molecular formula is C24H45NO2. The van der Waals surface area contributed by atoms with Crippen molar-refractivity contribution < 1.29 is 9.59 Å². The summed E-state index contributed by atoms with van der Waals surface area (Å²) < 4.78 is 0. The summed E-state index contributed by atoms with van der Waals surface area (Å²) in [5.41, 5.74) is -0.374. The van der Waals surface area contributed by atoms with Crippen molar-refractivity contribution in [3.63, 3.8) is 0 Å². The van der Waals surface area contributed by atoms with Gasteiger partial charge in [-0.2, -0.15) is 0 Å². The fraction of sp³-hybridized carbons (Fsp3) is 0.917. The largest absolute Gasteiger partial charge is 0.282 e. The quantitative estimate of drug-likeness (QED) is 0.201. The van der Waals surface area contributed by atoms with Crippen LogP contribution in [0.2, 0.25) is 0 Å². The van der Waals surface area contributed by atoms with Crippen LogP contribution < -0.4 is 0 Å². The second-order valence-electron chi connectivity index (χ2n) is 8.70. The number of hydrogen-bond donors (Lipinski definition) is 0. The average molecular weight is 380 g/mol. The molecule has 0 aromatic carbocycles. The Labute approximate surface area is 168 Å². The van der Waals surface area contributed by atoms with Crippen molar-refractivity contribution in [3.8, 4) is 0 Å². The predicted molar refractivity (Wildman–Crippen MR) is 115 cm³/mol. The van der Waals surface area contributed by atoms with E-state index in [4.69, 9.17) is 0 Å². The van der Waals surface area contributed by atoms with Gasteiger partial charge in [-0.15, -0.1) is 0 Å². The molecular weight excluding hydrogens is 334 g/mol. The second-order valence-corrected chi connectivity index (χ2v) is 8.70. The Morgan fingerprint density at radius 1 is 0.667 bits per heavy atom. The molecule has 1 atom stereocenters. The Morgan fingerprint density at radius 2 is 1.15 bits per heavy atom. The maximum Gasteiger partial charge on any atom is 0.235 e. The highest BCUT2D eigenvalue weighted by Gasteiger charge is 2.49. The first-order valence-corrected chi connectivity index (χ1v) is 12.0. The molecule has 0 aliphatic carbocycles. The lowest BCUT2D eigenvalue weighted by molar-refractivity contribution is -0.142. The van der Waals surface area contributed by atoms with E-state index in [0.29, 0.717) is 13.0 Å². The fourth-order valence-corrected chi connectivity index (χ4v) is 4.38. The van der Waals surface area contributed by atoms with Gasteiger partial charge in [-0.3, -0.25) is 14.5 Å². The molecule has 27 heavy (non-hydrogen) atoms. The van der Waals surface area contributed by atoms with Crippen LogP contribution in [0.3, 0.4) is 0 Å². The van der Waals surface area contributed by atoms with E-state index in [2.05, 4.69) is 20.8 Å². The Bertz CT molecular complexity index is 421. The number of unbranched alkanes of at least 4 members (excludes halogenated alkanes) is 11. The van der Waals surface area contributed by atoms with Gasteiger partial charge < -0.3 is 0 Å². The maximum atomic E-state index is 13.0. The number of carbonyl (C=O) groups excluding carboxylic acids is 2. The molecule has 1 fully saturated rings. The van der Waals surface area contributed by atoms with Gasteiger partial charge in [0.15, 0.2) is 0 Å². The van der Waals surface area contributed by atoms with Crippen molar-refractivity contribution in [2.75, 3.05) is 6.54 Å². The number of carbonyl (C=O) groups is 2. The zero-order valence-electron chi connectivity index (χ0n) is 18.5. The lowest BCUT2D eigenvalue weighted by atomic mass is 9.76. The molecule has 0 saturated carbocycles. The molecule has 1 rings (SSSR count). The van der Waals surface area contributed by atoms with E-state index in [1.165, 1.54) is 57.8 Å². The van der Waals surface area contributed by atoms with Gasteiger partial charge in [-0.05, 0) is 19.3 Å². The van der Waals surface area contributed by atoms with E-state index in [0.717, 1.165) is 44.9 Å². The second kappa shape index (κ2) is 14.2. The first-order valence-electron chi connectivity index (χ1n) is 12.0. The van der Waals surface area contributed by atoms with Gasteiger partial charge in [-0.1, -0.05) is 104 Å². The smallest absolute Gasteiger partial charge is 0.235 e. The molecule has 0 spiro atoms. The Morgan fingerprint density at radius 3 is 1.70 bits per heavy atom. The third-order valence-corrected chi connectivity index (χ3v) is 6.24. The summed E-state index contributed by atoms with van der Waals surface area (Å²) in [6.45, 7) is 7.17. The monoisotopic (exact) mass is 379 g/mol. The van der Waals surface area contributed by atoms with Crippen LogP contribution in [0.1, 0.15) is 130 Å². The summed E-state index contributed by atoms with van der Waals surface area (Å²) in [6, 6.07) is 0. The summed E-state index contributed by atoms with van der Waals surface area (Å²) in [5.74, 6) is 0.224. The Hall–Kier alpha value is -0.860. The molecule has 1 unspecified atom stereocenters. The van der Waals surface area contributed by atoms with E-state index < -0.39 is 0 Å². The van der Waals surface area contributed by atoms with Crippen molar-refractivity contribution in [2.45, 2.75) is 130 Å².